The summed E-state index contributed by atoms with van der Waals surface area (Å²) in [7, 11) is 0. The first-order valence-corrected chi connectivity index (χ1v) is 8.76. The zero-order chi connectivity index (χ0) is 19.1. The third-order valence-corrected chi connectivity index (χ3v) is 4.54. The predicted molar refractivity (Wildman–Crippen MR) is 102 cm³/mol. The summed E-state index contributed by atoms with van der Waals surface area (Å²) in [5, 5.41) is 4.87. The summed E-state index contributed by atoms with van der Waals surface area (Å²) in [6, 6.07) is 12.7. The summed E-state index contributed by atoms with van der Waals surface area (Å²) in [4.78, 5) is 10.8. The quantitative estimate of drug-likeness (QED) is 0.540. The fraction of sp³-hybridized carbons (Fsp3) is 0.150. The van der Waals surface area contributed by atoms with Crippen molar-refractivity contribution >= 4 is 28.2 Å². The molecule has 2 aromatic carbocycles. The highest BCUT2D eigenvalue weighted by atomic mass is 19.1. The van der Waals surface area contributed by atoms with E-state index in [1.807, 2.05) is 36.1 Å². The molecule has 0 atom stereocenters. The minimum Gasteiger partial charge on any atom is -0.462 e. The number of nitrogens with zero attached hydrogens (tertiary/aromatic N) is 5. The van der Waals surface area contributed by atoms with Crippen molar-refractivity contribution in [1.29, 1.82) is 0 Å². The Hall–Kier alpha value is -3.68. The molecule has 2 aromatic heterocycles. The zero-order valence-corrected chi connectivity index (χ0v) is 15.0. The van der Waals surface area contributed by atoms with Crippen LogP contribution in [0.1, 0.15) is 5.56 Å². The number of hydrogen-bond acceptors (Lipinski definition) is 6. The number of aryl methyl sites for hydroxylation is 1. The van der Waals surface area contributed by atoms with E-state index in [1.54, 1.807) is 18.4 Å². The van der Waals surface area contributed by atoms with Crippen LogP contribution in [-0.4, -0.2) is 32.9 Å². The molecule has 4 aromatic rings. The maximum Gasteiger partial charge on any atom is 0.250 e. The van der Waals surface area contributed by atoms with E-state index in [2.05, 4.69) is 15.1 Å². The minimum absolute atomic E-state index is 0.190. The van der Waals surface area contributed by atoms with Crippen LogP contribution in [0.5, 0.6) is 0 Å². The lowest BCUT2D eigenvalue weighted by Gasteiger charge is -2.21. The second-order valence-corrected chi connectivity index (χ2v) is 6.50. The van der Waals surface area contributed by atoms with E-state index < -0.39 is 0 Å². The molecule has 0 aliphatic carbocycles. The maximum absolute atomic E-state index is 14.4. The molecule has 0 fully saturated rings. The molecule has 5 rings (SSSR count). The summed E-state index contributed by atoms with van der Waals surface area (Å²) >= 11 is 0. The molecular formula is C20H16FN5O2. The summed E-state index contributed by atoms with van der Waals surface area (Å²) in [5.41, 5.74) is 2.93. The van der Waals surface area contributed by atoms with Crippen LogP contribution in [0.4, 0.5) is 16.0 Å². The Labute approximate surface area is 159 Å². The van der Waals surface area contributed by atoms with E-state index in [9.17, 15) is 4.39 Å². The van der Waals surface area contributed by atoms with Crippen molar-refractivity contribution in [3.05, 3.63) is 72.2 Å². The summed E-state index contributed by atoms with van der Waals surface area (Å²) in [6.45, 7) is 2.59. The number of hydrogen-bond donors (Lipinski definition) is 0. The first-order valence-electron chi connectivity index (χ1n) is 8.76. The Balaban J connectivity index is 1.67. The predicted octanol–water partition coefficient (Wildman–Crippen LogP) is 3.71. The van der Waals surface area contributed by atoms with Gasteiger partial charge < -0.3 is 14.4 Å². The lowest BCUT2D eigenvalue weighted by Crippen LogP contribution is -2.21. The smallest absolute Gasteiger partial charge is 0.250 e. The van der Waals surface area contributed by atoms with Gasteiger partial charge in [-0.1, -0.05) is 18.2 Å². The Bertz CT molecular complexity index is 1220. The van der Waals surface area contributed by atoms with E-state index in [-0.39, 0.29) is 12.6 Å². The van der Waals surface area contributed by atoms with Crippen LogP contribution in [0, 0.1) is 12.7 Å². The molecule has 8 heteroatoms. The third kappa shape index (κ3) is 2.79. The molecule has 0 spiro atoms. The monoisotopic (exact) mass is 377 g/mol. The molecule has 3 heterocycles. The van der Waals surface area contributed by atoms with E-state index in [1.165, 1.54) is 16.9 Å². The molecule has 0 saturated carbocycles. The molecule has 1 aliphatic rings. The average Bonchev–Trinajstić information content (AvgIpc) is 3.35. The van der Waals surface area contributed by atoms with Crippen molar-refractivity contribution in [1.82, 2.24) is 19.6 Å². The van der Waals surface area contributed by atoms with Gasteiger partial charge in [0.1, 0.15) is 18.4 Å². The van der Waals surface area contributed by atoms with Gasteiger partial charge in [0.05, 0.1) is 17.4 Å². The van der Waals surface area contributed by atoms with Gasteiger partial charge in [-0.2, -0.15) is 9.50 Å². The summed E-state index contributed by atoms with van der Waals surface area (Å²) < 4.78 is 26.6. The zero-order valence-electron chi connectivity index (χ0n) is 15.0. The lowest BCUT2D eigenvalue weighted by atomic mass is 10.2. The van der Waals surface area contributed by atoms with Crippen molar-refractivity contribution < 1.29 is 13.9 Å². The second kappa shape index (κ2) is 6.49. The van der Waals surface area contributed by atoms with Gasteiger partial charge in [-0.05, 0) is 36.8 Å². The summed E-state index contributed by atoms with van der Waals surface area (Å²) in [6.07, 6.45) is 3.12. The van der Waals surface area contributed by atoms with Gasteiger partial charge in [0.25, 0.3) is 5.95 Å². The highest BCUT2D eigenvalue weighted by Gasteiger charge is 2.21. The van der Waals surface area contributed by atoms with Crippen LogP contribution >= 0.6 is 0 Å². The largest absolute Gasteiger partial charge is 0.462 e. The average molecular weight is 377 g/mol. The molecule has 0 bridgehead atoms. The Morgan fingerprint density at radius 1 is 1.21 bits per heavy atom. The first kappa shape index (κ1) is 16.5. The van der Waals surface area contributed by atoms with Crippen LogP contribution < -0.4 is 4.90 Å². The number of halogens is 1. The number of aromatic nitrogens is 4. The van der Waals surface area contributed by atoms with Gasteiger partial charge in [0.15, 0.2) is 11.4 Å². The lowest BCUT2D eigenvalue weighted by molar-refractivity contribution is 0.0800. The van der Waals surface area contributed by atoms with Crippen molar-refractivity contribution in [2.24, 2.45) is 0 Å². The molecular weight excluding hydrogens is 361 g/mol. The van der Waals surface area contributed by atoms with E-state index in [0.29, 0.717) is 34.8 Å². The van der Waals surface area contributed by atoms with Crippen molar-refractivity contribution in [2.75, 3.05) is 18.2 Å². The van der Waals surface area contributed by atoms with Gasteiger partial charge in [0.2, 0.25) is 6.79 Å². The van der Waals surface area contributed by atoms with Gasteiger partial charge >= 0.3 is 0 Å². The Morgan fingerprint density at radius 2 is 2.11 bits per heavy atom. The maximum atomic E-state index is 14.4. The van der Waals surface area contributed by atoms with Crippen molar-refractivity contribution in [3.63, 3.8) is 0 Å². The fourth-order valence-electron chi connectivity index (χ4n) is 3.22. The topological polar surface area (TPSA) is 64.8 Å². The second-order valence-electron chi connectivity index (χ2n) is 6.50. The van der Waals surface area contributed by atoms with Crippen LogP contribution in [0.15, 0.2) is 60.8 Å². The Kier molecular flexibility index (Phi) is 3.82. The molecule has 28 heavy (non-hydrogen) atoms. The number of rotatable bonds is 4. The highest BCUT2D eigenvalue weighted by Crippen LogP contribution is 2.28. The number of benzene rings is 2. The third-order valence-electron chi connectivity index (χ3n) is 4.54. The molecule has 0 saturated heterocycles. The van der Waals surface area contributed by atoms with Crippen LogP contribution in [0.2, 0.25) is 0 Å². The van der Waals surface area contributed by atoms with Crippen LogP contribution in [0.3, 0.4) is 0 Å². The molecule has 0 N–H and O–H groups in total. The first-order chi connectivity index (χ1) is 13.7. The highest BCUT2D eigenvalue weighted by molar-refractivity contribution is 5.91. The Morgan fingerprint density at radius 3 is 2.93 bits per heavy atom. The molecule has 0 radical (unpaired) electrons. The normalized spacial score (nSPS) is 13.4. The number of fused-ring (bicyclic) bond motifs is 3. The number of anilines is 2. The molecule has 7 nitrogen and oxygen atoms in total. The van der Waals surface area contributed by atoms with Gasteiger partial charge in [-0.3, -0.25) is 0 Å². The van der Waals surface area contributed by atoms with E-state index in [0.717, 1.165) is 11.3 Å². The SMILES string of the molecule is Cc1cccc(N(CC2=COCO2)c2nc3c4c(F)cccc4ncn3n2)c1. The number of ether oxygens (including phenoxy) is 2. The summed E-state index contributed by atoms with van der Waals surface area (Å²) in [5.74, 6) is 0.695. The van der Waals surface area contributed by atoms with Crippen LogP contribution in [0.25, 0.3) is 16.6 Å². The van der Waals surface area contributed by atoms with Gasteiger partial charge in [-0.15, -0.1) is 5.10 Å². The standard InChI is InChI=1S/C20H16FN5O2/c1-13-4-2-5-14(8-13)25(9-15-10-27-12-28-15)20-23-19-18-16(21)6-3-7-17(18)22-11-26(19)24-20/h2-8,10-11H,9,12H2,1H3. The molecule has 140 valence electrons. The van der Waals surface area contributed by atoms with E-state index in [4.69, 9.17) is 9.47 Å². The fourth-order valence-corrected chi connectivity index (χ4v) is 3.22. The van der Waals surface area contributed by atoms with Crippen molar-refractivity contribution in [2.45, 2.75) is 6.92 Å². The molecule has 0 amide bonds. The van der Waals surface area contributed by atoms with Crippen LogP contribution in [-0.2, 0) is 9.47 Å². The molecule has 1 aliphatic heterocycles. The minimum atomic E-state index is -0.383. The molecule has 0 unspecified atom stereocenters. The van der Waals surface area contributed by atoms with Crippen molar-refractivity contribution in [3.8, 4) is 0 Å². The van der Waals surface area contributed by atoms with E-state index >= 15 is 0 Å². The van der Waals surface area contributed by atoms with Gasteiger partial charge in [-0.25, -0.2) is 9.37 Å². The van der Waals surface area contributed by atoms with Gasteiger partial charge in [0, 0.05) is 5.69 Å².